The summed E-state index contributed by atoms with van der Waals surface area (Å²) in [5.41, 5.74) is 3.05. The van der Waals surface area contributed by atoms with Crippen LogP contribution in [0.15, 0.2) is 30.9 Å². The van der Waals surface area contributed by atoms with E-state index in [4.69, 9.17) is 9.47 Å². The van der Waals surface area contributed by atoms with Crippen molar-refractivity contribution in [3.63, 3.8) is 0 Å². The second-order valence-corrected chi connectivity index (χ2v) is 8.32. The zero-order valence-electron chi connectivity index (χ0n) is 18.1. The number of nitrogens with one attached hydrogen (secondary N) is 1. The second-order valence-electron chi connectivity index (χ2n) is 8.32. The van der Waals surface area contributed by atoms with Crippen molar-refractivity contribution in [2.45, 2.75) is 44.8 Å². The van der Waals surface area contributed by atoms with Gasteiger partial charge in [0.05, 0.1) is 30.5 Å². The fraction of sp³-hybridized carbons (Fsp3) is 0.478. The van der Waals surface area contributed by atoms with E-state index in [2.05, 4.69) is 42.3 Å². The first-order valence-electron chi connectivity index (χ1n) is 11.1. The van der Waals surface area contributed by atoms with Gasteiger partial charge < -0.3 is 19.7 Å². The SMILES string of the molecule is Cc1ncnc(NC2CCC(Oc3cc(N4CCOCC4)cc4nccnc34)CC2)c1F. The minimum absolute atomic E-state index is 0.0789. The number of fused-ring (bicyclic) bond motifs is 1. The van der Waals surface area contributed by atoms with Crippen molar-refractivity contribution in [1.82, 2.24) is 19.9 Å². The fourth-order valence-electron chi connectivity index (χ4n) is 4.38. The maximum atomic E-state index is 14.2. The minimum Gasteiger partial charge on any atom is -0.488 e. The Morgan fingerprint density at radius 3 is 2.62 bits per heavy atom. The highest BCUT2D eigenvalue weighted by molar-refractivity contribution is 5.85. The molecule has 0 amide bonds. The van der Waals surface area contributed by atoms with Gasteiger partial charge in [0.15, 0.2) is 11.6 Å². The van der Waals surface area contributed by atoms with Crippen molar-refractivity contribution < 1.29 is 13.9 Å². The number of hydrogen-bond acceptors (Lipinski definition) is 8. The predicted octanol–water partition coefficient (Wildman–Crippen LogP) is 3.51. The largest absolute Gasteiger partial charge is 0.488 e. The average Bonchev–Trinajstić information content (AvgIpc) is 2.84. The van der Waals surface area contributed by atoms with Crippen LogP contribution in [0, 0.1) is 12.7 Å². The molecule has 3 heterocycles. The van der Waals surface area contributed by atoms with Crippen molar-refractivity contribution in [3.05, 3.63) is 42.4 Å². The summed E-state index contributed by atoms with van der Waals surface area (Å²) in [5, 5.41) is 3.23. The summed E-state index contributed by atoms with van der Waals surface area (Å²) in [6.07, 6.45) is 8.36. The molecule has 1 aromatic carbocycles. The first-order valence-corrected chi connectivity index (χ1v) is 11.1. The maximum Gasteiger partial charge on any atom is 0.186 e. The molecule has 1 N–H and O–H groups in total. The highest BCUT2D eigenvalue weighted by Crippen LogP contribution is 2.33. The van der Waals surface area contributed by atoms with Gasteiger partial charge in [0.2, 0.25) is 0 Å². The van der Waals surface area contributed by atoms with Gasteiger partial charge in [0.25, 0.3) is 0 Å². The Labute approximate surface area is 186 Å². The van der Waals surface area contributed by atoms with E-state index < -0.39 is 0 Å². The molecular formula is C23H27FN6O2. The number of benzene rings is 1. The number of nitrogens with zero attached hydrogens (tertiary/aromatic N) is 5. The minimum atomic E-state index is -0.379. The lowest BCUT2D eigenvalue weighted by Crippen LogP contribution is -2.36. The first-order chi connectivity index (χ1) is 15.7. The van der Waals surface area contributed by atoms with Gasteiger partial charge in [-0.25, -0.2) is 19.3 Å². The highest BCUT2D eigenvalue weighted by atomic mass is 19.1. The molecule has 5 rings (SSSR count). The lowest BCUT2D eigenvalue weighted by molar-refractivity contribution is 0.122. The van der Waals surface area contributed by atoms with Gasteiger partial charge in [0.1, 0.15) is 17.6 Å². The second kappa shape index (κ2) is 9.20. The predicted molar refractivity (Wildman–Crippen MR) is 120 cm³/mol. The number of hydrogen-bond donors (Lipinski definition) is 1. The number of anilines is 2. The van der Waals surface area contributed by atoms with Crippen LogP contribution in [0.2, 0.25) is 0 Å². The molecule has 2 aromatic heterocycles. The van der Waals surface area contributed by atoms with Crippen molar-refractivity contribution in [2.24, 2.45) is 0 Å². The summed E-state index contributed by atoms with van der Waals surface area (Å²) in [5.74, 6) is 0.670. The summed E-state index contributed by atoms with van der Waals surface area (Å²) in [6.45, 7) is 4.78. The monoisotopic (exact) mass is 438 g/mol. The van der Waals surface area contributed by atoms with Crippen LogP contribution in [-0.2, 0) is 4.74 Å². The van der Waals surface area contributed by atoms with E-state index >= 15 is 0 Å². The van der Waals surface area contributed by atoms with E-state index in [1.807, 2.05) is 0 Å². The third-order valence-corrected chi connectivity index (χ3v) is 6.17. The molecule has 0 unspecified atom stereocenters. The summed E-state index contributed by atoms with van der Waals surface area (Å²) in [6, 6.07) is 4.31. The Bertz CT molecular complexity index is 1080. The summed E-state index contributed by atoms with van der Waals surface area (Å²) >= 11 is 0. The number of aromatic nitrogens is 4. The zero-order valence-corrected chi connectivity index (χ0v) is 18.1. The molecule has 1 aliphatic heterocycles. The molecule has 32 heavy (non-hydrogen) atoms. The molecule has 2 fully saturated rings. The Kier molecular flexibility index (Phi) is 5.98. The molecule has 1 saturated carbocycles. The van der Waals surface area contributed by atoms with Crippen molar-refractivity contribution in [2.75, 3.05) is 36.5 Å². The van der Waals surface area contributed by atoms with Gasteiger partial charge in [0, 0.05) is 43.3 Å². The Balaban J connectivity index is 1.28. The number of aryl methyl sites for hydroxylation is 1. The van der Waals surface area contributed by atoms with E-state index in [9.17, 15) is 4.39 Å². The van der Waals surface area contributed by atoms with Crippen LogP contribution in [0.25, 0.3) is 11.0 Å². The Morgan fingerprint density at radius 1 is 1.03 bits per heavy atom. The summed E-state index contributed by atoms with van der Waals surface area (Å²) in [7, 11) is 0. The van der Waals surface area contributed by atoms with E-state index in [-0.39, 0.29) is 23.8 Å². The number of halogens is 1. The number of rotatable bonds is 5. The molecule has 0 atom stereocenters. The van der Waals surface area contributed by atoms with E-state index in [0.717, 1.165) is 74.5 Å². The van der Waals surface area contributed by atoms with Gasteiger partial charge in [-0.2, -0.15) is 0 Å². The van der Waals surface area contributed by atoms with Crippen molar-refractivity contribution in [3.8, 4) is 5.75 Å². The van der Waals surface area contributed by atoms with E-state index in [1.54, 1.807) is 19.3 Å². The molecule has 0 radical (unpaired) electrons. The third kappa shape index (κ3) is 4.43. The quantitative estimate of drug-likeness (QED) is 0.648. The van der Waals surface area contributed by atoms with Crippen LogP contribution in [-0.4, -0.2) is 58.4 Å². The molecule has 1 aliphatic carbocycles. The van der Waals surface area contributed by atoms with Crippen LogP contribution in [0.5, 0.6) is 5.75 Å². The van der Waals surface area contributed by atoms with E-state index in [1.165, 1.54) is 6.33 Å². The Morgan fingerprint density at radius 2 is 1.81 bits per heavy atom. The van der Waals surface area contributed by atoms with Gasteiger partial charge >= 0.3 is 0 Å². The lowest BCUT2D eigenvalue weighted by Gasteiger charge is -2.31. The number of ether oxygens (including phenoxy) is 2. The maximum absolute atomic E-state index is 14.2. The van der Waals surface area contributed by atoms with Crippen LogP contribution in [0.4, 0.5) is 15.9 Å². The number of morpholine rings is 1. The highest BCUT2D eigenvalue weighted by Gasteiger charge is 2.25. The van der Waals surface area contributed by atoms with Gasteiger partial charge in [-0.3, -0.25) is 4.98 Å². The summed E-state index contributed by atoms with van der Waals surface area (Å²) < 4.78 is 26.2. The van der Waals surface area contributed by atoms with Crippen LogP contribution < -0.4 is 15.0 Å². The molecular weight excluding hydrogens is 411 g/mol. The Hall–Kier alpha value is -3.07. The topological polar surface area (TPSA) is 85.3 Å². The molecule has 1 saturated heterocycles. The van der Waals surface area contributed by atoms with Crippen LogP contribution >= 0.6 is 0 Å². The van der Waals surface area contributed by atoms with Crippen molar-refractivity contribution >= 4 is 22.5 Å². The van der Waals surface area contributed by atoms with Gasteiger partial charge in [-0.15, -0.1) is 0 Å². The van der Waals surface area contributed by atoms with E-state index in [0.29, 0.717) is 5.69 Å². The third-order valence-electron chi connectivity index (χ3n) is 6.17. The van der Waals surface area contributed by atoms with Gasteiger partial charge in [-0.1, -0.05) is 0 Å². The molecule has 0 spiro atoms. The van der Waals surface area contributed by atoms with Crippen LogP contribution in [0.3, 0.4) is 0 Å². The molecule has 3 aromatic rings. The van der Waals surface area contributed by atoms with Gasteiger partial charge in [-0.05, 0) is 38.7 Å². The first kappa shape index (κ1) is 20.8. The molecule has 168 valence electrons. The smallest absolute Gasteiger partial charge is 0.186 e. The lowest BCUT2D eigenvalue weighted by atomic mass is 9.93. The standard InChI is InChI=1S/C23H27FN6O2/c1-15-21(24)23(28-14-27-15)29-16-2-4-18(5-3-16)32-20-13-17(30-8-10-31-11-9-30)12-19-22(20)26-7-6-25-19/h6-7,12-14,16,18H,2-5,8-11H2,1H3,(H,27,28,29). The molecule has 9 heteroatoms. The summed E-state index contributed by atoms with van der Waals surface area (Å²) in [4.78, 5) is 19.3. The average molecular weight is 439 g/mol. The molecule has 0 bridgehead atoms. The molecule has 8 nitrogen and oxygen atoms in total. The van der Waals surface area contributed by atoms with Crippen LogP contribution in [0.1, 0.15) is 31.4 Å². The zero-order chi connectivity index (χ0) is 21.9. The van der Waals surface area contributed by atoms with Crippen molar-refractivity contribution in [1.29, 1.82) is 0 Å². The fourth-order valence-corrected chi connectivity index (χ4v) is 4.38. The normalized spacial score (nSPS) is 21.5. The molecule has 2 aliphatic rings.